The van der Waals surface area contributed by atoms with Gasteiger partial charge in [-0.1, -0.05) is 0 Å². The molecule has 1 amide bonds. The molecule has 0 saturated carbocycles. The number of benzene rings is 2. The van der Waals surface area contributed by atoms with Crippen LogP contribution in [-0.4, -0.2) is 50.3 Å². The van der Waals surface area contributed by atoms with E-state index in [1.165, 1.54) is 36.4 Å². The van der Waals surface area contributed by atoms with Gasteiger partial charge in [0.1, 0.15) is 23.2 Å². The number of sulfonamides is 1. The Morgan fingerprint density at radius 1 is 1.15 bits per heavy atom. The number of nitro benzene ring substituents is 1. The molecular formula is C27H27N5O6S. The third-order valence-corrected chi connectivity index (χ3v) is 7.96. The topological polar surface area (TPSA) is 159 Å². The monoisotopic (exact) mass is 549 g/mol. The van der Waals surface area contributed by atoms with E-state index in [0.717, 1.165) is 25.9 Å². The van der Waals surface area contributed by atoms with Crippen LogP contribution in [0.1, 0.15) is 24.2 Å². The van der Waals surface area contributed by atoms with Crippen LogP contribution in [0.3, 0.4) is 0 Å². The molecule has 0 radical (unpaired) electrons. The van der Waals surface area contributed by atoms with E-state index >= 15 is 0 Å². The fraction of sp³-hybridized carbons (Fsp3) is 0.259. The van der Waals surface area contributed by atoms with Crippen LogP contribution in [0.4, 0.5) is 11.4 Å². The number of nitro groups is 1. The molecule has 202 valence electrons. The first-order chi connectivity index (χ1) is 18.6. The molecule has 1 aliphatic rings. The van der Waals surface area contributed by atoms with Crippen molar-refractivity contribution in [1.29, 1.82) is 5.26 Å². The second kappa shape index (κ2) is 11.6. The van der Waals surface area contributed by atoms with E-state index in [4.69, 9.17) is 4.42 Å². The van der Waals surface area contributed by atoms with Gasteiger partial charge in [-0.3, -0.25) is 14.9 Å². The number of amides is 1. The van der Waals surface area contributed by atoms with Crippen molar-refractivity contribution in [2.45, 2.75) is 30.7 Å². The van der Waals surface area contributed by atoms with Gasteiger partial charge in [-0.25, -0.2) is 13.1 Å². The molecule has 0 spiro atoms. The molecule has 3 aromatic rings. The maximum absolute atomic E-state index is 12.8. The first kappa shape index (κ1) is 27.7. The maximum Gasteiger partial charge on any atom is 0.272 e. The highest BCUT2D eigenvalue weighted by atomic mass is 32.2. The summed E-state index contributed by atoms with van der Waals surface area (Å²) in [4.78, 5) is 25.4. The van der Waals surface area contributed by atoms with Crippen LogP contribution in [0, 0.1) is 28.4 Å². The molecule has 1 fully saturated rings. The van der Waals surface area contributed by atoms with E-state index in [1.807, 2.05) is 13.1 Å². The van der Waals surface area contributed by atoms with E-state index < -0.39 is 20.9 Å². The number of piperidine rings is 1. The summed E-state index contributed by atoms with van der Waals surface area (Å²) in [5, 5.41) is 23.0. The lowest BCUT2D eigenvalue weighted by molar-refractivity contribution is -0.385. The highest BCUT2D eigenvalue weighted by Crippen LogP contribution is 2.26. The number of anilines is 1. The highest BCUT2D eigenvalue weighted by molar-refractivity contribution is 7.89. The number of nitrogens with one attached hydrogen (secondary N) is 2. The molecular weight excluding hydrogens is 522 g/mol. The number of hydrogen-bond donors (Lipinski definition) is 2. The maximum atomic E-state index is 12.8. The van der Waals surface area contributed by atoms with Gasteiger partial charge in [-0.2, -0.15) is 5.26 Å². The minimum absolute atomic E-state index is 0.0775. The van der Waals surface area contributed by atoms with Crippen molar-refractivity contribution in [1.82, 2.24) is 9.62 Å². The summed E-state index contributed by atoms with van der Waals surface area (Å²) in [6.45, 7) is 3.23. The van der Waals surface area contributed by atoms with Crippen molar-refractivity contribution < 1.29 is 22.6 Å². The van der Waals surface area contributed by atoms with Gasteiger partial charge >= 0.3 is 0 Å². The minimum atomic E-state index is -3.66. The Bertz CT molecular complexity index is 1560. The van der Waals surface area contributed by atoms with Gasteiger partial charge in [-0.05, 0) is 88.4 Å². The van der Waals surface area contributed by atoms with Crippen LogP contribution in [0.5, 0.6) is 0 Å². The number of hydrogen-bond acceptors (Lipinski definition) is 8. The van der Waals surface area contributed by atoms with Crippen molar-refractivity contribution in [3.8, 4) is 17.4 Å². The van der Waals surface area contributed by atoms with Crippen LogP contribution < -0.4 is 10.0 Å². The third kappa shape index (κ3) is 6.77. The SMILES string of the molecule is Cc1cc(NC(=O)/C(C#N)=C/c2ccc(-c3ccc(S(=O)(=O)NC4CCN(C)CC4)cc3)o2)ccc1[N+](=O)[O-]. The van der Waals surface area contributed by atoms with Gasteiger partial charge in [0, 0.05) is 35.0 Å². The predicted octanol–water partition coefficient (Wildman–Crippen LogP) is 4.08. The van der Waals surface area contributed by atoms with Gasteiger partial charge in [0.2, 0.25) is 10.0 Å². The van der Waals surface area contributed by atoms with Crippen molar-refractivity contribution in [2.75, 3.05) is 25.5 Å². The summed E-state index contributed by atoms with van der Waals surface area (Å²) >= 11 is 0. The Morgan fingerprint density at radius 3 is 2.46 bits per heavy atom. The number of carbonyl (C=O) groups is 1. The molecule has 1 saturated heterocycles. The van der Waals surface area contributed by atoms with Crippen LogP contribution in [-0.2, 0) is 14.8 Å². The van der Waals surface area contributed by atoms with Crippen molar-refractivity contribution in [3.05, 3.63) is 81.6 Å². The molecule has 11 nitrogen and oxygen atoms in total. The van der Waals surface area contributed by atoms with Crippen molar-refractivity contribution in [3.63, 3.8) is 0 Å². The average Bonchev–Trinajstić information content (AvgIpc) is 3.37. The predicted molar refractivity (Wildman–Crippen MR) is 145 cm³/mol. The summed E-state index contributed by atoms with van der Waals surface area (Å²) in [7, 11) is -1.65. The van der Waals surface area contributed by atoms with Gasteiger partial charge < -0.3 is 14.6 Å². The van der Waals surface area contributed by atoms with Crippen molar-refractivity contribution >= 4 is 33.4 Å². The van der Waals surface area contributed by atoms with E-state index in [-0.39, 0.29) is 28.0 Å². The van der Waals surface area contributed by atoms with E-state index in [9.17, 15) is 28.6 Å². The Morgan fingerprint density at radius 2 is 1.85 bits per heavy atom. The van der Waals surface area contributed by atoms with E-state index in [2.05, 4.69) is 14.9 Å². The van der Waals surface area contributed by atoms with Gasteiger partial charge in [-0.15, -0.1) is 0 Å². The molecule has 1 aromatic heterocycles. The van der Waals surface area contributed by atoms with Crippen LogP contribution in [0.25, 0.3) is 17.4 Å². The van der Waals surface area contributed by atoms with Gasteiger partial charge in [0.15, 0.2) is 0 Å². The molecule has 0 bridgehead atoms. The second-order valence-corrected chi connectivity index (χ2v) is 11.0. The lowest BCUT2D eigenvalue weighted by atomic mass is 10.1. The quantitative estimate of drug-likeness (QED) is 0.184. The molecule has 2 aromatic carbocycles. The summed E-state index contributed by atoms with van der Waals surface area (Å²) in [5.41, 5.74) is 0.994. The molecule has 0 unspecified atom stereocenters. The molecule has 12 heteroatoms. The van der Waals surface area contributed by atoms with E-state index in [1.54, 1.807) is 31.2 Å². The Labute approximate surface area is 225 Å². The van der Waals surface area contributed by atoms with Crippen LogP contribution >= 0.6 is 0 Å². The zero-order valence-electron chi connectivity index (χ0n) is 21.4. The molecule has 0 aliphatic carbocycles. The Hall–Kier alpha value is -4.31. The standard InChI is InChI=1S/C27H27N5O6S/c1-18-15-22(5-9-25(18)32(34)35)29-27(33)20(17-28)16-23-6-10-26(38-23)19-3-7-24(8-4-19)39(36,37)30-21-11-13-31(2)14-12-21/h3-10,15-16,21,30H,11-14H2,1-2H3,(H,29,33)/b20-16+. The van der Waals surface area contributed by atoms with E-state index in [0.29, 0.717) is 22.6 Å². The molecule has 2 N–H and O–H groups in total. The van der Waals surface area contributed by atoms with Gasteiger partial charge in [0.05, 0.1) is 9.82 Å². The number of nitrogens with zero attached hydrogens (tertiary/aromatic N) is 3. The number of nitriles is 1. The zero-order chi connectivity index (χ0) is 28.2. The number of carbonyl (C=O) groups excluding carboxylic acids is 1. The van der Waals surface area contributed by atoms with Crippen LogP contribution in [0.15, 0.2) is 69.5 Å². The summed E-state index contributed by atoms with van der Waals surface area (Å²) < 4.78 is 34.1. The second-order valence-electron chi connectivity index (χ2n) is 9.31. The highest BCUT2D eigenvalue weighted by Gasteiger charge is 2.23. The minimum Gasteiger partial charge on any atom is -0.457 e. The fourth-order valence-electron chi connectivity index (χ4n) is 4.23. The number of likely N-dealkylation sites (tertiary alicyclic amines) is 1. The first-order valence-corrected chi connectivity index (χ1v) is 13.6. The van der Waals surface area contributed by atoms with Gasteiger partial charge in [0.25, 0.3) is 11.6 Å². The summed E-state index contributed by atoms with van der Waals surface area (Å²) in [6.07, 6.45) is 2.79. The smallest absolute Gasteiger partial charge is 0.272 e. The normalized spacial score (nSPS) is 15.1. The summed E-state index contributed by atoms with van der Waals surface area (Å²) in [5.74, 6) is -0.0234. The zero-order valence-corrected chi connectivity index (χ0v) is 22.2. The Balaban J connectivity index is 1.44. The van der Waals surface area contributed by atoms with Crippen LogP contribution in [0.2, 0.25) is 0 Å². The first-order valence-electron chi connectivity index (χ1n) is 12.1. The number of furan rings is 1. The largest absolute Gasteiger partial charge is 0.457 e. The number of rotatable bonds is 8. The van der Waals surface area contributed by atoms with Crippen molar-refractivity contribution in [2.24, 2.45) is 0 Å². The lowest BCUT2D eigenvalue weighted by Crippen LogP contribution is -2.43. The molecule has 0 atom stereocenters. The Kier molecular flexibility index (Phi) is 8.25. The molecule has 1 aliphatic heterocycles. The third-order valence-electron chi connectivity index (χ3n) is 6.42. The molecule has 2 heterocycles. The lowest BCUT2D eigenvalue weighted by Gasteiger charge is -2.29. The average molecular weight is 550 g/mol. The molecule has 4 rings (SSSR count). The fourth-order valence-corrected chi connectivity index (χ4v) is 5.53. The number of aryl methyl sites for hydroxylation is 1. The summed E-state index contributed by atoms with van der Waals surface area (Å²) in [6, 6.07) is 15.3. The molecule has 39 heavy (non-hydrogen) atoms.